The van der Waals surface area contributed by atoms with E-state index in [1.807, 2.05) is 6.92 Å². The molecular weight excluding hydrogens is 208 g/mol. The summed E-state index contributed by atoms with van der Waals surface area (Å²) in [7, 11) is 1.56. The van der Waals surface area contributed by atoms with Gasteiger partial charge in [-0.2, -0.15) is 4.98 Å². The predicted molar refractivity (Wildman–Crippen MR) is 45.7 cm³/mol. The Morgan fingerprint density at radius 2 is 2.36 bits per heavy atom. The monoisotopic (exact) mass is 216 g/mol. The zero-order valence-electron chi connectivity index (χ0n) is 6.47. The van der Waals surface area contributed by atoms with Crippen LogP contribution >= 0.6 is 15.9 Å². The van der Waals surface area contributed by atoms with Crippen LogP contribution in [-0.2, 0) is 6.42 Å². The smallest absolute Gasteiger partial charge is 0.316 e. The lowest BCUT2D eigenvalue weighted by Crippen LogP contribution is -1.96. The molecule has 11 heavy (non-hydrogen) atoms. The fourth-order valence-electron chi connectivity index (χ4n) is 0.730. The summed E-state index contributed by atoms with van der Waals surface area (Å²) in [5, 5.41) is 0. The Hall–Kier alpha value is -0.640. The van der Waals surface area contributed by atoms with Gasteiger partial charge in [0, 0.05) is 6.20 Å². The summed E-state index contributed by atoms with van der Waals surface area (Å²) in [6.45, 7) is 2.03. The van der Waals surface area contributed by atoms with Gasteiger partial charge < -0.3 is 4.74 Å². The van der Waals surface area contributed by atoms with Crippen LogP contribution in [-0.4, -0.2) is 17.1 Å². The van der Waals surface area contributed by atoms with Crippen molar-refractivity contribution in [1.29, 1.82) is 0 Å². The number of halogens is 1. The predicted octanol–water partition coefficient (Wildman–Crippen LogP) is 1.81. The molecule has 0 radical (unpaired) electrons. The molecule has 0 saturated carbocycles. The molecular formula is C7H9BrN2O. The van der Waals surface area contributed by atoms with Gasteiger partial charge in [0.1, 0.15) is 0 Å². The molecule has 0 amide bonds. The lowest BCUT2D eigenvalue weighted by molar-refractivity contribution is 0.377. The molecule has 0 bridgehead atoms. The van der Waals surface area contributed by atoms with Crippen LogP contribution in [0.5, 0.6) is 6.01 Å². The zero-order chi connectivity index (χ0) is 8.27. The van der Waals surface area contributed by atoms with E-state index >= 15 is 0 Å². The summed E-state index contributed by atoms with van der Waals surface area (Å²) in [4.78, 5) is 8.05. The van der Waals surface area contributed by atoms with E-state index in [2.05, 4.69) is 25.9 Å². The highest BCUT2D eigenvalue weighted by Crippen LogP contribution is 2.15. The van der Waals surface area contributed by atoms with Crippen molar-refractivity contribution in [3.8, 4) is 6.01 Å². The van der Waals surface area contributed by atoms with Gasteiger partial charge in [-0.25, -0.2) is 4.98 Å². The molecule has 0 atom stereocenters. The van der Waals surface area contributed by atoms with Crippen LogP contribution in [0.3, 0.4) is 0 Å². The van der Waals surface area contributed by atoms with Crippen molar-refractivity contribution in [3.05, 3.63) is 16.4 Å². The average molecular weight is 217 g/mol. The van der Waals surface area contributed by atoms with Gasteiger partial charge in [0.15, 0.2) is 0 Å². The molecule has 0 unspecified atom stereocenters. The standard InChI is InChI=1S/C7H9BrN2O/c1-3-6-5(8)4-9-7(10-6)11-2/h4H,3H2,1-2H3. The van der Waals surface area contributed by atoms with Crippen molar-refractivity contribution in [2.45, 2.75) is 13.3 Å². The Morgan fingerprint density at radius 3 is 2.91 bits per heavy atom. The summed E-state index contributed by atoms with van der Waals surface area (Å²) in [5.74, 6) is 0. The first-order valence-corrected chi connectivity index (χ1v) is 4.12. The average Bonchev–Trinajstić information content (AvgIpc) is 2.05. The third kappa shape index (κ3) is 1.89. The number of aromatic nitrogens is 2. The fourth-order valence-corrected chi connectivity index (χ4v) is 1.20. The Kier molecular flexibility index (Phi) is 2.82. The molecule has 0 saturated heterocycles. The molecule has 0 aliphatic carbocycles. The molecule has 1 heterocycles. The Bertz CT molecular complexity index is 252. The number of methoxy groups -OCH3 is 1. The molecule has 0 N–H and O–H groups in total. The zero-order valence-corrected chi connectivity index (χ0v) is 8.05. The summed E-state index contributed by atoms with van der Waals surface area (Å²) < 4.78 is 5.80. The highest BCUT2D eigenvalue weighted by Gasteiger charge is 2.01. The van der Waals surface area contributed by atoms with E-state index in [1.165, 1.54) is 0 Å². The summed E-state index contributed by atoms with van der Waals surface area (Å²) in [6, 6.07) is 0.421. The van der Waals surface area contributed by atoms with Crippen LogP contribution in [0.1, 0.15) is 12.6 Å². The lowest BCUT2D eigenvalue weighted by atomic mass is 10.3. The second-order valence-corrected chi connectivity index (χ2v) is 2.86. The van der Waals surface area contributed by atoms with Crippen molar-refractivity contribution in [3.63, 3.8) is 0 Å². The first kappa shape index (κ1) is 8.46. The van der Waals surface area contributed by atoms with Crippen LogP contribution in [0.2, 0.25) is 0 Å². The van der Waals surface area contributed by atoms with Gasteiger partial charge in [0.2, 0.25) is 0 Å². The number of hydrogen-bond acceptors (Lipinski definition) is 3. The molecule has 3 nitrogen and oxygen atoms in total. The minimum atomic E-state index is 0.421. The summed E-state index contributed by atoms with van der Waals surface area (Å²) in [5.41, 5.74) is 0.969. The van der Waals surface area contributed by atoms with E-state index in [9.17, 15) is 0 Å². The van der Waals surface area contributed by atoms with Crippen LogP contribution in [0.15, 0.2) is 10.7 Å². The van der Waals surface area contributed by atoms with Crippen LogP contribution in [0, 0.1) is 0 Å². The van der Waals surface area contributed by atoms with Crippen LogP contribution in [0.25, 0.3) is 0 Å². The molecule has 0 aliphatic heterocycles. The molecule has 1 rings (SSSR count). The molecule has 60 valence electrons. The van der Waals surface area contributed by atoms with Gasteiger partial charge in [-0.3, -0.25) is 0 Å². The summed E-state index contributed by atoms with van der Waals surface area (Å²) >= 11 is 3.34. The van der Waals surface area contributed by atoms with E-state index in [0.717, 1.165) is 16.6 Å². The topological polar surface area (TPSA) is 35.0 Å². The molecule has 4 heteroatoms. The lowest BCUT2D eigenvalue weighted by Gasteiger charge is -2.01. The van der Waals surface area contributed by atoms with Gasteiger partial charge in [0.25, 0.3) is 0 Å². The third-order valence-corrected chi connectivity index (χ3v) is 1.97. The fraction of sp³-hybridized carbons (Fsp3) is 0.429. The number of hydrogen-bond donors (Lipinski definition) is 0. The SMILES string of the molecule is CCc1nc(OC)ncc1Br. The normalized spacial score (nSPS) is 9.73. The quantitative estimate of drug-likeness (QED) is 0.757. The largest absolute Gasteiger partial charge is 0.467 e. The Balaban J connectivity index is 3.02. The van der Waals surface area contributed by atoms with Gasteiger partial charge in [-0.1, -0.05) is 6.92 Å². The molecule has 0 aromatic carbocycles. The van der Waals surface area contributed by atoms with Crippen molar-refractivity contribution in [1.82, 2.24) is 9.97 Å². The van der Waals surface area contributed by atoms with Crippen molar-refractivity contribution in [2.75, 3.05) is 7.11 Å². The van der Waals surface area contributed by atoms with Crippen LogP contribution in [0.4, 0.5) is 0 Å². The van der Waals surface area contributed by atoms with Crippen molar-refractivity contribution in [2.24, 2.45) is 0 Å². The molecule has 1 aromatic heterocycles. The van der Waals surface area contributed by atoms with E-state index in [0.29, 0.717) is 6.01 Å². The molecule has 0 fully saturated rings. The van der Waals surface area contributed by atoms with E-state index < -0.39 is 0 Å². The van der Waals surface area contributed by atoms with Crippen molar-refractivity contribution >= 4 is 15.9 Å². The molecule has 0 spiro atoms. The van der Waals surface area contributed by atoms with Crippen LogP contribution < -0.4 is 4.74 Å². The maximum Gasteiger partial charge on any atom is 0.316 e. The minimum absolute atomic E-state index is 0.421. The van der Waals surface area contributed by atoms with E-state index in [4.69, 9.17) is 4.74 Å². The molecule has 0 aliphatic rings. The number of rotatable bonds is 2. The highest BCUT2D eigenvalue weighted by molar-refractivity contribution is 9.10. The second kappa shape index (κ2) is 3.67. The number of ether oxygens (including phenoxy) is 1. The van der Waals surface area contributed by atoms with Gasteiger partial charge >= 0.3 is 6.01 Å². The number of nitrogens with zero attached hydrogens (tertiary/aromatic N) is 2. The molecule has 1 aromatic rings. The van der Waals surface area contributed by atoms with Gasteiger partial charge in [0.05, 0.1) is 17.3 Å². The number of aryl methyl sites for hydroxylation is 1. The van der Waals surface area contributed by atoms with E-state index in [-0.39, 0.29) is 0 Å². The Labute approximate surface area is 73.9 Å². The first-order chi connectivity index (χ1) is 5.27. The first-order valence-electron chi connectivity index (χ1n) is 3.33. The third-order valence-electron chi connectivity index (χ3n) is 1.31. The maximum absolute atomic E-state index is 4.87. The van der Waals surface area contributed by atoms with Gasteiger partial charge in [-0.05, 0) is 22.4 Å². The minimum Gasteiger partial charge on any atom is -0.467 e. The summed E-state index contributed by atoms with van der Waals surface area (Å²) in [6.07, 6.45) is 2.57. The Morgan fingerprint density at radius 1 is 1.64 bits per heavy atom. The van der Waals surface area contributed by atoms with Crippen molar-refractivity contribution < 1.29 is 4.74 Å². The van der Waals surface area contributed by atoms with Gasteiger partial charge in [-0.15, -0.1) is 0 Å². The maximum atomic E-state index is 4.87. The van der Waals surface area contributed by atoms with E-state index in [1.54, 1.807) is 13.3 Å². The highest BCUT2D eigenvalue weighted by atomic mass is 79.9. The second-order valence-electron chi connectivity index (χ2n) is 2.00.